The largest absolute Gasteiger partial charge is 0.504 e. The van der Waals surface area contributed by atoms with Crippen molar-refractivity contribution in [1.29, 1.82) is 0 Å². The molecule has 0 spiro atoms. The van der Waals surface area contributed by atoms with E-state index in [0.717, 1.165) is 0 Å². The minimum absolute atomic E-state index is 0.103. The van der Waals surface area contributed by atoms with E-state index in [1.807, 2.05) is 0 Å². The van der Waals surface area contributed by atoms with Gasteiger partial charge in [0, 0.05) is 0 Å². The number of phenols is 1. The van der Waals surface area contributed by atoms with Gasteiger partial charge >= 0.3 is 0 Å². The first-order valence-corrected chi connectivity index (χ1v) is 7.95. The lowest BCUT2D eigenvalue weighted by Crippen LogP contribution is -2.60. The summed E-state index contributed by atoms with van der Waals surface area (Å²) in [4.78, 5) is 0. The van der Waals surface area contributed by atoms with Crippen LogP contribution in [0.5, 0.6) is 11.5 Å². The first kappa shape index (κ1) is 20.8. The van der Waals surface area contributed by atoms with Crippen molar-refractivity contribution >= 4 is 0 Å². The van der Waals surface area contributed by atoms with Crippen LogP contribution in [0.3, 0.4) is 0 Å². The fraction of sp³-hybridized carbons (Fsp3) is 0.625. The van der Waals surface area contributed by atoms with E-state index in [9.17, 15) is 35.7 Å². The SMILES string of the molecule is COc1cc([C@H](O)[C@H](CO)O[C@@H]2O[C@H](CO)[C@@H](O)[C@H](O)[C@H]2O)ccc1O. The zero-order chi connectivity index (χ0) is 19.4. The molecule has 7 atom stereocenters. The topological polar surface area (TPSA) is 169 Å². The lowest BCUT2D eigenvalue weighted by molar-refractivity contribution is -0.319. The average Bonchev–Trinajstić information content (AvgIpc) is 2.65. The Labute approximate surface area is 149 Å². The minimum Gasteiger partial charge on any atom is -0.504 e. The molecule has 10 nitrogen and oxygen atoms in total. The molecule has 26 heavy (non-hydrogen) atoms. The summed E-state index contributed by atoms with van der Waals surface area (Å²) in [6.07, 6.45) is -10.2. The van der Waals surface area contributed by atoms with E-state index in [1.165, 1.54) is 25.3 Å². The Hall–Kier alpha value is -1.50. The van der Waals surface area contributed by atoms with E-state index in [0.29, 0.717) is 0 Å². The van der Waals surface area contributed by atoms with E-state index in [2.05, 4.69) is 0 Å². The maximum Gasteiger partial charge on any atom is 0.187 e. The summed E-state index contributed by atoms with van der Waals surface area (Å²) in [6, 6.07) is 4.03. The molecule has 7 N–H and O–H groups in total. The van der Waals surface area contributed by atoms with Gasteiger partial charge in [-0.05, 0) is 17.7 Å². The van der Waals surface area contributed by atoms with Crippen LogP contribution in [0.4, 0.5) is 0 Å². The lowest BCUT2D eigenvalue weighted by atomic mass is 9.99. The second kappa shape index (κ2) is 8.93. The highest BCUT2D eigenvalue weighted by molar-refractivity contribution is 5.42. The molecule has 0 aromatic heterocycles. The third kappa shape index (κ3) is 4.24. The predicted octanol–water partition coefficient (Wildman–Crippen LogP) is -2.39. The van der Waals surface area contributed by atoms with Gasteiger partial charge in [0.2, 0.25) is 0 Å². The Balaban J connectivity index is 2.15. The standard InChI is InChI=1S/C16H24O10/c1-24-9-4-7(2-3-8(9)19)12(20)10(5-17)25-16-15(23)14(22)13(21)11(6-18)26-16/h2-4,10-23H,5-6H2,1H3/t10-,11+,12-,13+,14-,15+,16+/m0/s1. The van der Waals surface area contributed by atoms with Crippen LogP contribution in [0.15, 0.2) is 18.2 Å². The van der Waals surface area contributed by atoms with Crippen molar-refractivity contribution in [2.45, 2.75) is 42.9 Å². The summed E-state index contributed by atoms with van der Waals surface area (Å²) in [5, 5.41) is 68.2. The normalized spacial score (nSPS) is 31.4. The number of aliphatic hydroxyl groups is 6. The number of rotatable bonds is 7. The van der Waals surface area contributed by atoms with Crippen molar-refractivity contribution in [3.8, 4) is 11.5 Å². The van der Waals surface area contributed by atoms with Gasteiger partial charge < -0.3 is 50.0 Å². The van der Waals surface area contributed by atoms with Crippen LogP contribution in [0.2, 0.25) is 0 Å². The van der Waals surface area contributed by atoms with Crippen LogP contribution in [-0.4, -0.2) is 92.9 Å². The fourth-order valence-corrected chi connectivity index (χ4v) is 2.66. The molecule has 1 aliphatic rings. The van der Waals surface area contributed by atoms with Gasteiger partial charge in [-0.15, -0.1) is 0 Å². The van der Waals surface area contributed by atoms with Crippen molar-refractivity contribution in [3.05, 3.63) is 23.8 Å². The maximum absolute atomic E-state index is 10.4. The van der Waals surface area contributed by atoms with Gasteiger partial charge in [0.05, 0.1) is 20.3 Å². The number of ether oxygens (including phenoxy) is 3. The molecule has 0 bridgehead atoms. The molecule has 0 saturated carbocycles. The Morgan fingerprint density at radius 3 is 2.38 bits per heavy atom. The van der Waals surface area contributed by atoms with E-state index < -0.39 is 56.1 Å². The Morgan fingerprint density at radius 1 is 1.12 bits per heavy atom. The highest BCUT2D eigenvalue weighted by Crippen LogP contribution is 2.32. The number of aliphatic hydroxyl groups excluding tert-OH is 6. The monoisotopic (exact) mass is 376 g/mol. The molecule has 2 rings (SSSR count). The molecular formula is C16H24O10. The third-order valence-corrected chi connectivity index (χ3v) is 4.23. The van der Waals surface area contributed by atoms with Crippen LogP contribution in [0.25, 0.3) is 0 Å². The zero-order valence-corrected chi connectivity index (χ0v) is 14.0. The summed E-state index contributed by atoms with van der Waals surface area (Å²) < 4.78 is 15.5. The summed E-state index contributed by atoms with van der Waals surface area (Å²) in [7, 11) is 1.33. The van der Waals surface area contributed by atoms with Crippen LogP contribution in [0.1, 0.15) is 11.7 Å². The molecule has 148 valence electrons. The highest BCUT2D eigenvalue weighted by Gasteiger charge is 2.45. The van der Waals surface area contributed by atoms with Crippen molar-refractivity contribution in [2.75, 3.05) is 20.3 Å². The first-order valence-electron chi connectivity index (χ1n) is 7.95. The van der Waals surface area contributed by atoms with E-state index in [4.69, 9.17) is 14.2 Å². The molecular weight excluding hydrogens is 352 g/mol. The van der Waals surface area contributed by atoms with Crippen molar-refractivity contribution in [3.63, 3.8) is 0 Å². The lowest BCUT2D eigenvalue weighted by Gasteiger charge is -2.41. The molecule has 10 heteroatoms. The molecule has 0 amide bonds. The van der Waals surface area contributed by atoms with Gasteiger partial charge in [0.1, 0.15) is 36.6 Å². The Morgan fingerprint density at radius 2 is 1.81 bits per heavy atom. The number of phenolic OH excluding ortho intramolecular Hbond substituents is 1. The molecule has 1 aromatic rings. The van der Waals surface area contributed by atoms with E-state index >= 15 is 0 Å². The summed E-state index contributed by atoms with van der Waals surface area (Å²) in [5.74, 6) is -0.0371. The van der Waals surface area contributed by atoms with E-state index in [1.54, 1.807) is 0 Å². The fourth-order valence-electron chi connectivity index (χ4n) is 2.66. The molecule has 1 fully saturated rings. The van der Waals surface area contributed by atoms with Crippen molar-refractivity contribution < 1.29 is 50.0 Å². The Kier molecular flexibility index (Phi) is 7.15. The van der Waals surface area contributed by atoms with Gasteiger partial charge in [-0.3, -0.25) is 0 Å². The van der Waals surface area contributed by atoms with Gasteiger partial charge in [-0.25, -0.2) is 0 Å². The second-order valence-corrected chi connectivity index (χ2v) is 5.93. The number of hydrogen-bond donors (Lipinski definition) is 7. The smallest absolute Gasteiger partial charge is 0.187 e. The zero-order valence-electron chi connectivity index (χ0n) is 14.0. The van der Waals surface area contributed by atoms with Crippen LogP contribution >= 0.6 is 0 Å². The van der Waals surface area contributed by atoms with Crippen molar-refractivity contribution in [1.82, 2.24) is 0 Å². The molecule has 1 saturated heterocycles. The molecule has 0 radical (unpaired) electrons. The predicted molar refractivity (Wildman–Crippen MR) is 85.3 cm³/mol. The summed E-state index contributed by atoms with van der Waals surface area (Å²) >= 11 is 0. The van der Waals surface area contributed by atoms with Gasteiger partial charge in [0.15, 0.2) is 17.8 Å². The number of hydrogen-bond acceptors (Lipinski definition) is 10. The van der Waals surface area contributed by atoms with Gasteiger partial charge in [-0.1, -0.05) is 6.07 Å². The van der Waals surface area contributed by atoms with E-state index in [-0.39, 0.29) is 17.1 Å². The van der Waals surface area contributed by atoms with Crippen LogP contribution in [-0.2, 0) is 9.47 Å². The number of aromatic hydroxyl groups is 1. The second-order valence-electron chi connectivity index (χ2n) is 5.93. The summed E-state index contributed by atoms with van der Waals surface area (Å²) in [6.45, 7) is -1.30. The average molecular weight is 376 g/mol. The molecule has 0 aliphatic carbocycles. The highest BCUT2D eigenvalue weighted by atomic mass is 16.7. The molecule has 0 unspecified atom stereocenters. The molecule has 1 aliphatic heterocycles. The first-order chi connectivity index (χ1) is 12.3. The molecule has 1 heterocycles. The maximum atomic E-state index is 10.4. The van der Waals surface area contributed by atoms with Gasteiger partial charge in [-0.2, -0.15) is 0 Å². The van der Waals surface area contributed by atoms with Crippen LogP contribution in [0, 0.1) is 0 Å². The summed E-state index contributed by atoms with van der Waals surface area (Å²) in [5.41, 5.74) is 0.253. The quantitative estimate of drug-likeness (QED) is 0.272. The van der Waals surface area contributed by atoms with Gasteiger partial charge in [0.25, 0.3) is 0 Å². The minimum atomic E-state index is -1.66. The Bertz CT molecular complexity index is 580. The number of benzene rings is 1. The molecule has 1 aromatic carbocycles. The third-order valence-electron chi connectivity index (χ3n) is 4.23. The number of methoxy groups -OCH3 is 1. The van der Waals surface area contributed by atoms with Crippen LogP contribution < -0.4 is 4.74 Å². The van der Waals surface area contributed by atoms with Crippen molar-refractivity contribution in [2.24, 2.45) is 0 Å².